The Morgan fingerprint density at radius 1 is 1.07 bits per heavy atom. The summed E-state index contributed by atoms with van der Waals surface area (Å²) in [5.41, 5.74) is 3.45. The van der Waals surface area contributed by atoms with Gasteiger partial charge in [-0.25, -0.2) is 14.2 Å². The Morgan fingerprint density at radius 3 is 2.44 bits per heavy atom. The lowest BCUT2D eigenvalue weighted by Crippen LogP contribution is -2.47. The van der Waals surface area contributed by atoms with Gasteiger partial charge < -0.3 is 4.90 Å². The molecule has 0 saturated carbocycles. The van der Waals surface area contributed by atoms with Crippen molar-refractivity contribution in [2.75, 3.05) is 16.3 Å². The van der Waals surface area contributed by atoms with E-state index in [2.05, 4.69) is 11.6 Å². The molecule has 10 heteroatoms. The molecule has 0 N–H and O–H groups in total. The largest absolute Gasteiger partial charge is 0.471 e. The van der Waals surface area contributed by atoms with Gasteiger partial charge in [-0.2, -0.15) is 13.2 Å². The lowest BCUT2D eigenvalue weighted by Gasteiger charge is -2.35. The number of aromatic nitrogens is 1. The molecule has 0 radical (unpaired) electrons. The van der Waals surface area contributed by atoms with E-state index in [9.17, 15) is 27.2 Å². The van der Waals surface area contributed by atoms with E-state index in [1.165, 1.54) is 60.5 Å². The number of alkyl halides is 3. The van der Waals surface area contributed by atoms with Crippen LogP contribution in [-0.4, -0.2) is 40.6 Å². The minimum atomic E-state index is -5.17. The van der Waals surface area contributed by atoms with Crippen LogP contribution in [0.4, 0.5) is 33.9 Å². The van der Waals surface area contributed by atoms with Crippen molar-refractivity contribution < 1.29 is 27.2 Å². The molecule has 0 unspecified atom stereocenters. The Kier molecular flexibility index (Phi) is 9.80. The fourth-order valence-corrected chi connectivity index (χ4v) is 4.82. The number of rotatable bonds is 8. The fourth-order valence-electron chi connectivity index (χ4n) is 4.82. The molecule has 2 heterocycles. The number of hydrogen-bond acceptors (Lipinski definition) is 3. The summed E-state index contributed by atoms with van der Waals surface area (Å²) >= 11 is 0. The SMILES string of the molecule is C=C/C=C\C=C(/C)[C@H](C)N(C(=O)C(F)(F)F)c1cc(N(Cc2ccc(F)cc2)C(=O)N2CCc3ccccc3C2)ccn1. The molecule has 2 aromatic carbocycles. The molecule has 0 aliphatic carbocycles. The zero-order valence-electron chi connectivity index (χ0n) is 23.9. The van der Waals surface area contributed by atoms with Crippen LogP contribution in [0.5, 0.6) is 0 Å². The van der Waals surface area contributed by atoms with Crippen LogP contribution in [0.1, 0.15) is 30.5 Å². The number of benzene rings is 2. The number of anilines is 2. The minimum Gasteiger partial charge on any atom is -0.320 e. The van der Waals surface area contributed by atoms with E-state index in [1.54, 1.807) is 30.1 Å². The molecule has 6 nitrogen and oxygen atoms in total. The van der Waals surface area contributed by atoms with Gasteiger partial charge in [0.05, 0.1) is 18.3 Å². The van der Waals surface area contributed by atoms with E-state index in [0.717, 1.165) is 11.1 Å². The molecule has 1 atom stereocenters. The summed E-state index contributed by atoms with van der Waals surface area (Å²) in [6.07, 6.45) is 3.07. The highest BCUT2D eigenvalue weighted by Gasteiger charge is 2.45. The summed E-state index contributed by atoms with van der Waals surface area (Å²) < 4.78 is 55.1. The number of carbonyl (C=O) groups excluding carboxylic acids is 2. The maximum absolute atomic E-state index is 14.0. The highest BCUT2D eigenvalue weighted by atomic mass is 19.4. The van der Waals surface area contributed by atoms with Crippen molar-refractivity contribution in [2.24, 2.45) is 0 Å². The quantitative estimate of drug-likeness (QED) is 0.203. The maximum atomic E-state index is 14.0. The van der Waals surface area contributed by atoms with E-state index in [1.807, 2.05) is 24.3 Å². The second-order valence-electron chi connectivity index (χ2n) is 10.2. The summed E-state index contributed by atoms with van der Waals surface area (Å²) in [5.74, 6) is -2.80. The molecule has 0 bridgehead atoms. The molecule has 1 aliphatic rings. The van der Waals surface area contributed by atoms with Gasteiger partial charge in [0, 0.05) is 25.4 Å². The Labute approximate surface area is 248 Å². The number of halogens is 4. The third-order valence-corrected chi connectivity index (χ3v) is 7.29. The third-order valence-electron chi connectivity index (χ3n) is 7.29. The van der Waals surface area contributed by atoms with Crippen LogP contribution in [0.15, 0.2) is 103 Å². The number of fused-ring (bicyclic) bond motifs is 1. The van der Waals surface area contributed by atoms with Crippen molar-refractivity contribution in [2.45, 2.75) is 45.6 Å². The number of pyridine rings is 1. The van der Waals surface area contributed by atoms with Crippen molar-refractivity contribution in [3.05, 3.63) is 126 Å². The van der Waals surface area contributed by atoms with Gasteiger partial charge in [-0.05, 0) is 55.2 Å². The lowest BCUT2D eigenvalue weighted by atomic mass is 10.0. The first-order valence-electron chi connectivity index (χ1n) is 13.7. The third kappa shape index (κ3) is 7.57. The first kappa shape index (κ1) is 31.2. The average Bonchev–Trinajstić information content (AvgIpc) is 3.00. The Bertz CT molecular complexity index is 1530. The fraction of sp³-hybridized carbons (Fsp3) is 0.242. The summed E-state index contributed by atoms with van der Waals surface area (Å²) in [6.45, 7) is 7.45. The number of carbonyl (C=O) groups is 2. The first-order valence-corrected chi connectivity index (χ1v) is 13.7. The van der Waals surface area contributed by atoms with Gasteiger partial charge in [0.25, 0.3) is 0 Å². The zero-order valence-corrected chi connectivity index (χ0v) is 23.9. The molecule has 3 amide bonds. The number of allylic oxidation sites excluding steroid dienone is 4. The minimum absolute atomic E-state index is 0.00869. The maximum Gasteiger partial charge on any atom is 0.471 e. The molecule has 0 spiro atoms. The van der Waals surface area contributed by atoms with E-state index < -0.39 is 23.9 Å². The summed E-state index contributed by atoms with van der Waals surface area (Å²) in [4.78, 5) is 34.5. The van der Waals surface area contributed by atoms with E-state index in [4.69, 9.17) is 0 Å². The van der Waals surface area contributed by atoms with Gasteiger partial charge >= 0.3 is 18.1 Å². The number of urea groups is 1. The van der Waals surface area contributed by atoms with Gasteiger partial charge in [0.15, 0.2) is 0 Å². The molecule has 0 fully saturated rings. The van der Waals surface area contributed by atoms with Crippen molar-refractivity contribution in [1.82, 2.24) is 9.88 Å². The zero-order chi connectivity index (χ0) is 31.1. The molecular weight excluding hydrogens is 560 g/mol. The molecular formula is C33H32F4N4O2. The van der Waals surface area contributed by atoms with Gasteiger partial charge in [-0.15, -0.1) is 0 Å². The molecule has 1 aliphatic heterocycles. The highest BCUT2D eigenvalue weighted by molar-refractivity contribution is 5.99. The summed E-state index contributed by atoms with van der Waals surface area (Å²) in [7, 11) is 0. The monoisotopic (exact) mass is 592 g/mol. The van der Waals surface area contributed by atoms with E-state index in [0.29, 0.717) is 35.5 Å². The topological polar surface area (TPSA) is 56.8 Å². The van der Waals surface area contributed by atoms with Crippen molar-refractivity contribution in [3.63, 3.8) is 0 Å². The van der Waals surface area contributed by atoms with Crippen LogP contribution < -0.4 is 9.80 Å². The molecule has 224 valence electrons. The van der Waals surface area contributed by atoms with Gasteiger partial charge in [0.1, 0.15) is 11.6 Å². The summed E-state index contributed by atoms with van der Waals surface area (Å²) in [5, 5.41) is 0. The van der Waals surface area contributed by atoms with E-state index in [-0.39, 0.29) is 24.1 Å². The van der Waals surface area contributed by atoms with Gasteiger partial charge in [-0.3, -0.25) is 14.6 Å². The first-order chi connectivity index (χ1) is 20.5. The Morgan fingerprint density at radius 2 is 1.77 bits per heavy atom. The number of hydrogen-bond donors (Lipinski definition) is 0. The van der Waals surface area contributed by atoms with Crippen LogP contribution in [0.2, 0.25) is 0 Å². The van der Waals surface area contributed by atoms with Crippen LogP contribution in [-0.2, 0) is 24.3 Å². The second-order valence-corrected chi connectivity index (χ2v) is 10.2. The second kappa shape index (κ2) is 13.5. The Balaban J connectivity index is 1.75. The predicted molar refractivity (Wildman–Crippen MR) is 159 cm³/mol. The van der Waals surface area contributed by atoms with Crippen LogP contribution in [0, 0.1) is 5.82 Å². The highest BCUT2D eigenvalue weighted by Crippen LogP contribution is 2.31. The standard InChI is InChI=1S/C33H32F4N4O2/c1-4-5-6-9-23(2)24(3)41(31(42)33(35,36)37)30-20-29(16-18-38-30)40(21-25-12-14-28(34)15-13-25)32(43)39-19-17-26-10-7-8-11-27(26)22-39/h4-16,18,20,24H,1,17,19,21-22H2,2-3H3/b6-5-,23-9+/t24-/m0/s1. The van der Waals surface area contributed by atoms with Crippen molar-refractivity contribution >= 4 is 23.4 Å². The summed E-state index contributed by atoms with van der Waals surface area (Å²) in [6, 6.07) is 14.8. The molecule has 43 heavy (non-hydrogen) atoms. The molecule has 4 rings (SSSR count). The predicted octanol–water partition coefficient (Wildman–Crippen LogP) is 7.38. The van der Waals surface area contributed by atoms with E-state index >= 15 is 0 Å². The Hall–Kier alpha value is -4.73. The molecule has 3 aromatic rings. The molecule has 1 aromatic heterocycles. The van der Waals surface area contributed by atoms with Crippen molar-refractivity contribution in [1.29, 1.82) is 0 Å². The van der Waals surface area contributed by atoms with Crippen LogP contribution in [0.25, 0.3) is 0 Å². The average molecular weight is 593 g/mol. The normalized spacial score (nSPS) is 14.3. The van der Waals surface area contributed by atoms with Crippen LogP contribution >= 0.6 is 0 Å². The van der Waals surface area contributed by atoms with Gasteiger partial charge in [0.2, 0.25) is 0 Å². The van der Waals surface area contributed by atoms with Gasteiger partial charge in [-0.1, -0.05) is 72.9 Å². The number of nitrogens with zero attached hydrogens (tertiary/aromatic N) is 4. The van der Waals surface area contributed by atoms with Crippen molar-refractivity contribution in [3.8, 4) is 0 Å². The smallest absolute Gasteiger partial charge is 0.320 e. The number of amides is 3. The lowest BCUT2D eigenvalue weighted by molar-refractivity contribution is -0.170. The van der Waals surface area contributed by atoms with Crippen LogP contribution in [0.3, 0.4) is 0 Å². The molecule has 0 saturated heterocycles.